The molecule has 0 unspecified atom stereocenters. The first-order valence-electron chi connectivity index (χ1n) is 15.5. The van der Waals surface area contributed by atoms with Crippen LogP contribution in [-0.2, 0) is 9.59 Å². The van der Waals surface area contributed by atoms with Gasteiger partial charge in [0.15, 0.2) is 11.6 Å². The third-order valence-corrected chi connectivity index (χ3v) is 10.2. The topological polar surface area (TPSA) is 34.1 Å². The monoisotopic (exact) mass is 544 g/mol. The van der Waals surface area contributed by atoms with E-state index in [1.807, 2.05) is 0 Å². The molecule has 0 saturated heterocycles. The lowest BCUT2D eigenvalue weighted by molar-refractivity contribution is -0.117. The number of carbonyl (C=O) groups is 2. The van der Waals surface area contributed by atoms with Gasteiger partial charge in [0.05, 0.1) is 0 Å². The van der Waals surface area contributed by atoms with Gasteiger partial charge in [-0.25, -0.2) is 0 Å². The Bertz CT molecular complexity index is 1140. The first kappa shape index (κ1) is 32.3. The summed E-state index contributed by atoms with van der Waals surface area (Å²) in [5, 5.41) is 0. The van der Waals surface area contributed by atoms with E-state index < -0.39 is 0 Å². The quantitative estimate of drug-likeness (QED) is 0.225. The fourth-order valence-electron chi connectivity index (χ4n) is 5.96. The number of rotatable bonds is 8. The van der Waals surface area contributed by atoms with Gasteiger partial charge in [0.25, 0.3) is 0 Å². The van der Waals surface area contributed by atoms with Crippen LogP contribution < -0.4 is 0 Å². The van der Waals surface area contributed by atoms with Gasteiger partial charge >= 0.3 is 0 Å². The molecule has 0 saturated carbocycles. The van der Waals surface area contributed by atoms with Gasteiger partial charge in [-0.15, -0.1) is 0 Å². The van der Waals surface area contributed by atoms with Crippen LogP contribution in [0.2, 0.25) is 0 Å². The van der Waals surface area contributed by atoms with Crippen LogP contribution in [0.25, 0.3) is 0 Å². The van der Waals surface area contributed by atoms with Crippen LogP contribution in [0.15, 0.2) is 68.9 Å². The summed E-state index contributed by atoms with van der Waals surface area (Å²) in [6.07, 6.45) is 15.8. The van der Waals surface area contributed by atoms with Crippen LogP contribution in [0.4, 0.5) is 0 Å². The maximum atomic E-state index is 14.0. The Hall–Kier alpha value is -2.22. The van der Waals surface area contributed by atoms with E-state index in [1.54, 1.807) is 0 Å². The summed E-state index contributed by atoms with van der Waals surface area (Å²) in [5.74, 6) is 0.262. The summed E-state index contributed by atoms with van der Waals surface area (Å²) < 4.78 is 0. The van der Waals surface area contributed by atoms with Crippen molar-refractivity contribution in [1.29, 1.82) is 0 Å². The Morgan fingerprint density at radius 3 is 1.25 bits per heavy atom. The molecule has 3 aliphatic rings. The van der Waals surface area contributed by atoms with E-state index in [2.05, 4.69) is 107 Å². The molecule has 0 atom stereocenters. The summed E-state index contributed by atoms with van der Waals surface area (Å²) in [6, 6.07) is 0. The second kappa shape index (κ2) is 11.6. The van der Waals surface area contributed by atoms with Gasteiger partial charge in [0, 0.05) is 22.3 Å². The fraction of sp³-hybridized carbons (Fsp3) is 0.632. The highest BCUT2D eigenvalue weighted by Gasteiger charge is 2.40. The average Bonchev–Trinajstić information content (AvgIpc) is 2.85. The second-order valence-electron chi connectivity index (χ2n) is 15.9. The lowest BCUT2D eigenvalue weighted by Gasteiger charge is -2.36. The summed E-state index contributed by atoms with van der Waals surface area (Å²) in [4.78, 5) is 27.6. The first-order valence-corrected chi connectivity index (χ1v) is 15.5. The molecule has 40 heavy (non-hydrogen) atoms. The molecule has 0 heterocycles. The largest absolute Gasteiger partial charge is 0.289 e. The second-order valence-corrected chi connectivity index (χ2v) is 15.9. The predicted octanol–water partition coefficient (Wildman–Crippen LogP) is 10.8. The molecule has 3 rings (SSSR count). The molecular weight excluding hydrogens is 488 g/mol. The molecule has 2 heteroatoms. The summed E-state index contributed by atoms with van der Waals surface area (Å²) in [5.41, 5.74) is 8.89. The molecule has 2 nitrogen and oxygen atoms in total. The maximum absolute atomic E-state index is 14.0. The van der Waals surface area contributed by atoms with Gasteiger partial charge in [0.1, 0.15) is 0 Å². The molecule has 0 amide bonds. The smallest absolute Gasteiger partial charge is 0.186 e. The van der Waals surface area contributed by atoms with Gasteiger partial charge in [-0.1, -0.05) is 116 Å². The molecule has 3 aliphatic carbocycles. The SMILES string of the molecule is C/C(=C\CCC(C)(C)C1=CCC2=C(C1)C(=O)C1=C(CC=C(C(C)(C)CC/C=C(\C)C(C)(C)C)C1)C2=O)C(C)(C)C. The zero-order valence-corrected chi connectivity index (χ0v) is 27.8. The van der Waals surface area contributed by atoms with Gasteiger partial charge in [-0.3, -0.25) is 9.59 Å². The average molecular weight is 545 g/mol. The number of Topliss-reactive ketones (excluding diaryl/α,β-unsaturated/α-hetero) is 2. The van der Waals surface area contributed by atoms with Crippen LogP contribution in [0.3, 0.4) is 0 Å². The minimum Gasteiger partial charge on any atom is -0.289 e. The third-order valence-electron chi connectivity index (χ3n) is 10.2. The van der Waals surface area contributed by atoms with E-state index >= 15 is 0 Å². The summed E-state index contributed by atoms with van der Waals surface area (Å²) in [6.45, 7) is 27.2. The van der Waals surface area contributed by atoms with Gasteiger partial charge < -0.3 is 0 Å². The van der Waals surface area contributed by atoms with E-state index in [0.29, 0.717) is 25.7 Å². The molecule has 0 spiro atoms. The van der Waals surface area contributed by atoms with Crippen molar-refractivity contribution in [1.82, 2.24) is 0 Å². The Labute approximate surface area is 245 Å². The zero-order valence-electron chi connectivity index (χ0n) is 27.8. The van der Waals surface area contributed by atoms with Crippen LogP contribution in [0, 0.1) is 21.7 Å². The Morgan fingerprint density at radius 1 is 0.600 bits per heavy atom. The normalized spacial score (nSPS) is 20.0. The molecule has 0 aromatic carbocycles. The van der Waals surface area contributed by atoms with Gasteiger partial charge in [-0.2, -0.15) is 0 Å². The Morgan fingerprint density at radius 2 is 0.925 bits per heavy atom. The number of hydrogen-bond acceptors (Lipinski definition) is 2. The highest BCUT2D eigenvalue weighted by atomic mass is 16.1. The van der Waals surface area contributed by atoms with Crippen LogP contribution in [0.1, 0.15) is 134 Å². The Balaban J connectivity index is 1.72. The van der Waals surface area contributed by atoms with Crippen molar-refractivity contribution in [3.05, 3.63) is 68.9 Å². The minimum absolute atomic E-state index is 0.0104. The van der Waals surface area contributed by atoms with Crippen molar-refractivity contribution in [2.75, 3.05) is 0 Å². The molecule has 0 N–H and O–H groups in total. The molecule has 0 fully saturated rings. The highest BCUT2D eigenvalue weighted by molar-refractivity contribution is 6.26. The van der Waals surface area contributed by atoms with Crippen LogP contribution in [0.5, 0.6) is 0 Å². The van der Waals surface area contributed by atoms with Crippen molar-refractivity contribution in [3.8, 4) is 0 Å². The number of allylic oxidation sites excluding steroid dienone is 12. The molecule has 0 aromatic rings. The van der Waals surface area contributed by atoms with E-state index in [4.69, 9.17) is 0 Å². The van der Waals surface area contributed by atoms with Crippen molar-refractivity contribution in [3.63, 3.8) is 0 Å². The van der Waals surface area contributed by atoms with E-state index in [-0.39, 0.29) is 33.2 Å². The lowest BCUT2D eigenvalue weighted by atomic mass is 9.66. The highest BCUT2D eigenvalue weighted by Crippen LogP contribution is 2.47. The maximum Gasteiger partial charge on any atom is 0.186 e. The summed E-state index contributed by atoms with van der Waals surface area (Å²) >= 11 is 0. The Kier molecular flexibility index (Phi) is 9.35. The van der Waals surface area contributed by atoms with Crippen LogP contribution in [-0.4, -0.2) is 11.6 Å². The van der Waals surface area contributed by atoms with Crippen molar-refractivity contribution < 1.29 is 9.59 Å². The summed E-state index contributed by atoms with van der Waals surface area (Å²) in [7, 11) is 0. The molecule has 0 aromatic heterocycles. The van der Waals surface area contributed by atoms with Crippen molar-refractivity contribution >= 4 is 11.6 Å². The minimum atomic E-state index is -0.0104. The van der Waals surface area contributed by atoms with E-state index in [0.717, 1.165) is 48.0 Å². The zero-order chi connectivity index (χ0) is 30.3. The number of hydrogen-bond donors (Lipinski definition) is 0. The lowest BCUT2D eigenvalue weighted by Crippen LogP contribution is -2.31. The number of ketones is 2. The van der Waals surface area contributed by atoms with Gasteiger partial charge in [-0.05, 0) is 86.9 Å². The van der Waals surface area contributed by atoms with Crippen molar-refractivity contribution in [2.45, 2.75) is 134 Å². The van der Waals surface area contributed by atoms with Crippen LogP contribution >= 0.6 is 0 Å². The molecule has 0 radical (unpaired) electrons. The molecule has 0 bridgehead atoms. The standard InChI is InChI=1S/C38H56O2/c1-25(35(3,4)5)15-13-21-37(9,10)27-17-19-29-31(23-27)34(40)32-24-28(18-20-30(32)33(29)39)38(11,12)22-14-16-26(2)36(6,7)8/h15-18H,13-14,19-24H2,1-12H3/b25-15+,26-16+. The predicted molar refractivity (Wildman–Crippen MR) is 171 cm³/mol. The molecule has 220 valence electrons. The first-order chi connectivity index (χ1) is 18.3. The molecular formula is C38H56O2. The molecule has 0 aliphatic heterocycles. The number of carbonyl (C=O) groups excluding carboxylic acids is 2. The fourth-order valence-corrected chi connectivity index (χ4v) is 5.96. The third kappa shape index (κ3) is 7.15. The van der Waals surface area contributed by atoms with E-state index in [9.17, 15) is 9.59 Å². The van der Waals surface area contributed by atoms with Crippen molar-refractivity contribution in [2.24, 2.45) is 21.7 Å². The van der Waals surface area contributed by atoms with Gasteiger partial charge in [0.2, 0.25) is 0 Å². The van der Waals surface area contributed by atoms with E-state index in [1.165, 1.54) is 22.3 Å².